The lowest BCUT2D eigenvalue weighted by molar-refractivity contribution is 0.463. The molecule has 2 heteroatoms. The summed E-state index contributed by atoms with van der Waals surface area (Å²) < 4.78 is 0. The van der Waals surface area contributed by atoms with Gasteiger partial charge in [0.05, 0.1) is 0 Å². The van der Waals surface area contributed by atoms with E-state index < -0.39 is 0 Å². The first-order valence-electron chi connectivity index (χ1n) is 7.20. The van der Waals surface area contributed by atoms with Crippen molar-refractivity contribution in [1.82, 2.24) is 0 Å². The highest BCUT2D eigenvalue weighted by atomic mass is 32.2. The van der Waals surface area contributed by atoms with Gasteiger partial charge in [0.25, 0.3) is 0 Å². The maximum absolute atomic E-state index is 6.32. The molecule has 1 aliphatic carbocycles. The van der Waals surface area contributed by atoms with E-state index in [2.05, 4.69) is 42.5 Å². The monoisotopic (exact) mass is 271 g/mol. The van der Waals surface area contributed by atoms with Gasteiger partial charge in [-0.1, -0.05) is 43.2 Å². The maximum atomic E-state index is 6.32. The van der Waals surface area contributed by atoms with Crippen LogP contribution in [0.25, 0.3) is 10.8 Å². The van der Waals surface area contributed by atoms with Gasteiger partial charge in [0.15, 0.2) is 0 Å². The maximum Gasteiger partial charge on any atom is 0.0162 e. The SMILES string of the molecule is NC(CSc1ccc2ccccc2c1)C1CCCC1. The van der Waals surface area contributed by atoms with E-state index in [4.69, 9.17) is 5.73 Å². The summed E-state index contributed by atoms with van der Waals surface area (Å²) >= 11 is 1.91. The van der Waals surface area contributed by atoms with Crippen LogP contribution in [0.1, 0.15) is 25.7 Å². The lowest BCUT2D eigenvalue weighted by Crippen LogP contribution is -2.30. The van der Waals surface area contributed by atoms with E-state index in [-0.39, 0.29) is 0 Å². The van der Waals surface area contributed by atoms with Gasteiger partial charge >= 0.3 is 0 Å². The third-order valence-electron chi connectivity index (χ3n) is 4.17. The molecule has 2 N–H and O–H groups in total. The molecule has 19 heavy (non-hydrogen) atoms. The Labute approximate surface area is 119 Å². The highest BCUT2D eigenvalue weighted by molar-refractivity contribution is 7.99. The summed E-state index contributed by atoms with van der Waals surface area (Å²) in [4.78, 5) is 1.34. The summed E-state index contributed by atoms with van der Waals surface area (Å²) in [5.74, 6) is 1.80. The van der Waals surface area contributed by atoms with Crippen LogP contribution in [0.15, 0.2) is 47.4 Å². The van der Waals surface area contributed by atoms with Crippen molar-refractivity contribution in [3.63, 3.8) is 0 Å². The second kappa shape index (κ2) is 5.98. The van der Waals surface area contributed by atoms with Crippen LogP contribution in [0.3, 0.4) is 0 Å². The van der Waals surface area contributed by atoms with Crippen LogP contribution in [0.2, 0.25) is 0 Å². The summed E-state index contributed by atoms with van der Waals surface area (Å²) in [7, 11) is 0. The fourth-order valence-electron chi connectivity index (χ4n) is 2.97. The third kappa shape index (κ3) is 3.13. The average molecular weight is 271 g/mol. The first-order valence-corrected chi connectivity index (χ1v) is 8.19. The van der Waals surface area contributed by atoms with Crippen molar-refractivity contribution < 1.29 is 0 Å². The quantitative estimate of drug-likeness (QED) is 0.831. The van der Waals surface area contributed by atoms with Gasteiger partial charge in [-0.25, -0.2) is 0 Å². The lowest BCUT2D eigenvalue weighted by atomic mass is 10.0. The molecule has 0 aliphatic heterocycles. The van der Waals surface area contributed by atoms with Gasteiger partial charge in [0, 0.05) is 16.7 Å². The van der Waals surface area contributed by atoms with Crippen molar-refractivity contribution in [2.45, 2.75) is 36.6 Å². The van der Waals surface area contributed by atoms with Gasteiger partial charge in [-0.2, -0.15) is 0 Å². The van der Waals surface area contributed by atoms with E-state index in [1.165, 1.54) is 41.4 Å². The topological polar surface area (TPSA) is 26.0 Å². The van der Waals surface area contributed by atoms with Crippen molar-refractivity contribution in [3.05, 3.63) is 42.5 Å². The molecule has 1 unspecified atom stereocenters. The summed E-state index contributed by atoms with van der Waals surface area (Å²) in [6.07, 6.45) is 5.41. The molecule has 1 atom stereocenters. The molecule has 1 fully saturated rings. The number of thioether (sulfide) groups is 1. The van der Waals surface area contributed by atoms with E-state index in [1.807, 2.05) is 11.8 Å². The van der Waals surface area contributed by atoms with Gasteiger partial charge in [-0.15, -0.1) is 11.8 Å². The number of hydrogen-bond acceptors (Lipinski definition) is 2. The van der Waals surface area contributed by atoms with Gasteiger partial charge in [0.1, 0.15) is 0 Å². The zero-order valence-corrected chi connectivity index (χ0v) is 12.0. The van der Waals surface area contributed by atoms with Crippen molar-refractivity contribution in [2.24, 2.45) is 11.7 Å². The zero-order valence-electron chi connectivity index (χ0n) is 11.2. The van der Waals surface area contributed by atoms with Gasteiger partial charge < -0.3 is 5.73 Å². The molecule has 2 aromatic carbocycles. The molecule has 100 valence electrons. The van der Waals surface area contributed by atoms with Gasteiger partial charge in [-0.05, 0) is 41.7 Å². The fraction of sp³-hybridized carbons (Fsp3) is 0.412. The second-order valence-corrected chi connectivity index (χ2v) is 6.62. The largest absolute Gasteiger partial charge is 0.327 e. The molecular formula is C17H21NS. The van der Waals surface area contributed by atoms with Crippen LogP contribution >= 0.6 is 11.8 Å². The molecule has 1 nitrogen and oxygen atoms in total. The van der Waals surface area contributed by atoms with Crippen LogP contribution < -0.4 is 5.73 Å². The lowest BCUT2D eigenvalue weighted by Gasteiger charge is -2.18. The highest BCUT2D eigenvalue weighted by Crippen LogP contribution is 2.30. The standard InChI is InChI=1S/C17H21NS/c18-17(14-6-2-3-7-14)12-19-16-10-9-13-5-1-4-8-15(13)11-16/h1,4-5,8-11,14,17H,2-3,6-7,12,18H2. The number of rotatable bonds is 4. The van der Waals surface area contributed by atoms with Gasteiger partial charge in [0.2, 0.25) is 0 Å². The van der Waals surface area contributed by atoms with E-state index in [9.17, 15) is 0 Å². The molecule has 1 saturated carbocycles. The summed E-state index contributed by atoms with van der Waals surface area (Å²) in [6, 6.07) is 15.6. The smallest absolute Gasteiger partial charge is 0.0162 e. The number of fused-ring (bicyclic) bond motifs is 1. The van der Waals surface area contributed by atoms with Crippen molar-refractivity contribution in [3.8, 4) is 0 Å². The third-order valence-corrected chi connectivity index (χ3v) is 5.31. The minimum absolute atomic E-state index is 0.360. The normalized spacial score (nSPS) is 17.9. The van der Waals surface area contributed by atoms with E-state index >= 15 is 0 Å². The van der Waals surface area contributed by atoms with E-state index in [0.717, 1.165) is 11.7 Å². The minimum Gasteiger partial charge on any atom is -0.327 e. The van der Waals surface area contributed by atoms with Crippen LogP contribution in [0, 0.1) is 5.92 Å². The molecule has 2 aromatic rings. The first kappa shape index (κ1) is 13.0. The molecule has 0 bridgehead atoms. The Kier molecular flexibility index (Phi) is 4.09. The number of nitrogens with two attached hydrogens (primary N) is 1. The molecule has 0 aromatic heterocycles. The molecule has 0 amide bonds. The molecule has 0 spiro atoms. The predicted octanol–water partition coefficient (Wildman–Crippen LogP) is 4.45. The van der Waals surface area contributed by atoms with Crippen LogP contribution in [0.4, 0.5) is 0 Å². The Balaban J connectivity index is 1.64. The first-order chi connectivity index (χ1) is 9.33. The molecule has 0 radical (unpaired) electrons. The summed E-state index contributed by atoms with van der Waals surface area (Å²) in [5.41, 5.74) is 6.32. The van der Waals surface area contributed by atoms with Crippen molar-refractivity contribution in [2.75, 3.05) is 5.75 Å². The Morgan fingerprint density at radius 1 is 1.05 bits per heavy atom. The van der Waals surface area contributed by atoms with E-state index in [1.54, 1.807) is 0 Å². The average Bonchev–Trinajstić information content (AvgIpc) is 2.99. The number of hydrogen-bond donors (Lipinski definition) is 1. The zero-order chi connectivity index (χ0) is 13.1. The van der Waals surface area contributed by atoms with E-state index in [0.29, 0.717) is 6.04 Å². The Morgan fingerprint density at radius 3 is 2.58 bits per heavy atom. The predicted molar refractivity (Wildman–Crippen MR) is 84.6 cm³/mol. The van der Waals surface area contributed by atoms with Crippen LogP contribution in [-0.4, -0.2) is 11.8 Å². The van der Waals surface area contributed by atoms with Crippen molar-refractivity contribution in [1.29, 1.82) is 0 Å². The molecule has 3 rings (SSSR count). The van der Waals surface area contributed by atoms with Gasteiger partial charge in [-0.3, -0.25) is 0 Å². The fourth-order valence-corrected chi connectivity index (χ4v) is 4.00. The number of benzene rings is 2. The molecule has 0 saturated heterocycles. The van der Waals surface area contributed by atoms with Crippen LogP contribution in [-0.2, 0) is 0 Å². The highest BCUT2D eigenvalue weighted by Gasteiger charge is 2.21. The van der Waals surface area contributed by atoms with Crippen LogP contribution in [0.5, 0.6) is 0 Å². The Bertz CT molecular complexity index is 546. The molecule has 1 aliphatic rings. The summed E-state index contributed by atoms with van der Waals surface area (Å²) in [6.45, 7) is 0. The molecular weight excluding hydrogens is 250 g/mol. The molecule has 0 heterocycles. The Hall–Kier alpha value is -0.990. The summed E-state index contributed by atoms with van der Waals surface area (Å²) in [5, 5.41) is 2.63. The van der Waals surface area contributed by atoms with Crippen molar-refractivity contribution >= 4 is 22.5 Å². The Morgan fingerprint density at radius 2 is 1.79 bits per heavy atom. The second-order valence-electron chi connectivity index (χ2n) is 5.53. The minimum atomic E-state index is 0.360.